The molecule has 0 aliphatic carbocycles. The molecule has 122 valence electrons. The lowest BCUT2D eigenvalue weighted by molar-refractivity contribution is 0.299. The van der Waals surface area contributed by atoms with Crippen LogP contribution in [-0.2, 0) is 12.8 Å². The summed E-state index contributed by atoms with van der Waals surface area (Å²) in [5.41, 5.74) is 8.90. The van der Waals surface area contributed by atoms with Crippen molar-refractivity contribution in [1.29, 1.82) is 0 Å². The van der Waals surface area contributed by atoms with Gasteiger partial charge in [0.15, 0.2) is 0 Å². The molecular weight excluding hydrogens is 292 g/mol. The van der Waals surface area contributed by atoms with Gasteiger partial charge in [0.05, 0.1) is 0 Å². The summed E-state index contributed by atoms with van der Waals surface area (Å²) in [4.78, 5) is 0. The van der Waals surface area contributed by atoms with Crippen LogP contribution in [0.4, 0.5) is 0 Å². The molecule has 0 unspecified atom stereocenters. The van der Waals surface area contributed by atoms with Crippen LogP contribution in [0, 0.1) is 6.92 Å². The summed E-state index contributed by atoms with van der Waals surface area (Å²) in [6.45, 7) is 4.52. The van der Waals surface area contributed by atoms with Crippen molar-refractivity contribution in [3.05, 3.63) is 83.4 Å². The third-order valence-corrected chi connectivity index (χ3v) is 4.54. The van der Waals surface area contributed by atoms with Crippen molar-refractivity contribution in [1.82, 2.24) is 0 Å². The molecule has 0 aromatic heterocycles. The maximum atomic E-state index is 9.04. The van der Waals surface area contributed by atoms with E-state index >= 15 is 0 Å². The molecule has 0 aliphatic rings. The van der Waals surface area contributed by atoms with Gasteiger partial charge < -0.3 is 5.11 Å². The topological polar surface area (TPSA) is 20.2 Å². The number of hydrogen-bond donors (Lipinski definition) is 1. The Morgan fingerprint density at radius 2 is 1.38 bits per heavy atom. The minimum absolute atomic E-state index is 0.199. The number of benzene rings is 3. The average Bonchev–Trinajstić information content (AvgIpc) is 2.63. The zero-order valence-electron chi connectivity index (χ0n) is 14.4. The lowest BCUT2D eigenvalue weighted by Crippen LogP contribution is -1.92. The van der Waals surface area contributed by atoms with E-state index in [0.717, 1.165) is 6.42 Å². The van der Waals surface area contributed by atoms with Crippen LogP contribution in [-0.4, -0.2) is 11.7 Å². The van der Waals surface area contributed by atoms with Crippen LogP contribution in [0.5, 0.6) is 0 Å². The minimum atomic E-state index is 0.199. The van der Waals surface area contributed by atoms with Crippen LogP contribution < -0.4 is 0 Å². The highest BCUT2D eigenvalue weighted by Gasteiger charge is 2.07. The van der Waals surface area contributed by atoms with Crippen molar-refractivity contribution in [3.63, 3.8) is 0 Å². The van der Waals surface area contributed by atoms with Crippen LogP contribution in [0.15, 0.2) is 66.7 Å². The predicted molar refractivity (Wildman–Crippen MR) is 102 cm³/mol. The molecule has 0 spiro atoms. The monoisotopic (exact) mass is 316 g/mol. The van der Waals surface area contributed by atoms with E-state index in [9.17, 15) is 0 Å². The summed E-state index contributed by atoms with van der Waals surface area (Å²) in [6, 6.07) is 24.0. The summed E-state index contributed by atoms with van der Waals surface area (Å²) in [5, 5.41) is 9.04. The first-order valence-corrected chi connectivity index (χ1v) is 8.61. The van der Waals surface area contributed by atoms with E-state index in [2.05, 4.69) is 80.6 Å². The molecule has 0 heterocycles. The zero-order valence-corrected chi connectivity index (χ0v) is 14.4. The second-order valence-corrected chi connectivity index (χ2v) is 6.26. The third kappa shape index (κ3) is 3.58. The molecule has 0 saturated heterocycles. The Hall–Kier alpha value is -2.38. The highest BCUT2D eigenvalue weighted by atomic mass is 16.2. The lowest BCUT2D eigenvalue weighted by atomic mass is 9.93. The first kappa shape index (κ1) is 16.5. The Labute approximate surface area is 144 Å². The molecule has 0 aliphatic heterocycles. The van der Waals surface area contributed by atoms with E-state index in [0.29, 0.717) is 6.42 Å². The predicted octanol–water partition coefficient (Wildman–Crippen LogP) is 5.43. The lowest BCUT2D eigenvalue weighted by Gasteiger charge is -2.12. The Kier molecular flexibility index (Phi) is 5.12. The van der Waals surface area contributed by atoms with E-state index in [1.807, 2.05) is 0 Å². The Bertz CT molecular complexity index is 798. The van der Waals surface area contributed by atoms with Gasteiger partial charge in [-0.1, -0.05) is 79.2 Å². The Balaban J connectivity index is 1.95. The normalized spacial score (nSPS) is 10.8. The fraction of sp³-hybridized carbons (Fsp3) is 0.217. The molecule has 0 atom stereocenters. The molecule has 1 N–H and O–H groups in total. The Morgan fingerprint density at radius 1 is 0.750 bits per heavy atom. The van der Waals surface area contributed by atoms with Crippen LogP contribution >= 0.6 is 0 Å². The molecule has 1 heteroatoms. The second-order valence-electron chi connectivity index (χ2n) is 6.26. The highest BCUT2D eigenvalue weighted by molar-refractivity contribution is 5.74. The largest absolute Gasteiger partial charge is 0.396 e. The van der Waals surface area contributed by atoms with Gasteiger partial charge in [0.2, 0.25) is 0 Å². The van der Waals surface area contributed by atoms with Gasteiger partial charge in [-0.25, -0.2) is 0 Å². The van der Waals surface area contributed by atoms with Gasteiger partial charge in [0, 0.05) is 6.61 Å². The van der Waals surface area contributed by atoms with E-state index in [4.69, 9.17) is 5.11 Å². The first-order valence-electron chi connectivity index (χ1n) is 8.61. The maximum Gasteiger partial charge on any atom is 0.0471 e. The Morgan fingerprint density at radius 3 is 2.00 bits per heavy atom. The van der Waals surface area contributed by atoms with Crippen molar-refractivity contribution >= 4 is 0 Å². The van der Waals surface area contributed by atoms with Crippen molar-refractivity contribution in [2.75, 3.05) is 6.61 Å². The molecule has 3 aromatic rings. The van der Waals surface area contributed by atoms with Gasteiger partial charge in [-0.3, -0.25) is 0 Å². The number of aliphatic hydroxyl groups is 1. The van der Waals surface area contributed by atoms with Gasteiger partial charge in [-0.05, 0) is 53.1 Å². The second kappa shape index (κ2) is 7.46. The van der Waals surface area contributed by atoms with E-state index < -0.39 is 0 Å². The van der Waals surface area contributed by atoms with Crippen molar-refractivity contribution in [2.24, 2.45) is 0 Å². The standard InChI is InChI=1S/C23H24O/c1-3-19-16-22(20-8-4-17(2)5-9-20)12-13-23(19)21-10-6-18(7-11-21)14-15-24/h4-13,16,24H,3,14-15H2,1-2H3. The van der Waals surface area contributed by atoms with Gasteiger partial charge in [-0.2, -0.15) is 0 Å². The van der Waals surface area contributed by atoms with Gasteiger partial charge in [-0.15, -0.1) is 0 Å². The van der Waals surface area contributed by atoms with Crippen LogP contribution in [0.25, 0.3) is 22.3 Å². The van der Waals surface area contributed by atoms with Crippen LogP contribution in [0.2, 0.25) is 0 Å². The van der Waals surface area contributed by atoms with E-state index in [1.165, 1.54) is 38.9 Å². The first-order chi connectivity index (χ1) is 11.7. The molecule has 0 saturated carbocycles. The fourth-order valence-electron chi connectivity index (χ4n) is 3.07. The summed E-state index contributed by atoms with van der Waals surface area (Å²) in [7, 11) is 0. The molecule has 0 radical (unpaired) electrons. The smallest absolute Gasteiger partial charge is 0.0471 e. The van der Waals surface area contributed by atoms with Crippen LogP contribution in [0.1, 0.15) is 23.6 Å². The molecule has 0 amide bonds. The minimum Gasteiger partial charge on any atom is -0.396 e. The fourth-order valence-corrected chi connectivity index (χ4v) is 3.07. The van der Waals surface area contributed by atoms with E-state index in [1.54, 1.807) is 0 Å². The number of aliphatic hydroxyl groups excluding tert-OH is 1. The SMILES string of the molecule is CCc1cc(-c2ccc(C)cc2)ccc1-c1ccc(CCO)cc1. The molecule has 0 bridgehead atoms. The van der Waals surface area contributed by atoms with Crippen molar-refractivity contribution < 1.29 is 5.11 Å². The van der Waals surface area contributed by atoms with Gasteiger partial charge in [0.25, 0.3) is 0 Å². The van der Waals surface area contributed by atoms with Gasteiger partial charge >= 0.3 is 0 Å². The third-order valence-electron chi connectivity index (χ3n) is 4.54. The molecule has 3 aromatic carbocycles. The number of aryl methyl sites for hydroxylation is 2. The molecular formula is C23H24O. The highest BCUT2D eigenvalue weighted by Crippen LogP contribution is 2.30. The van der Waals surface area contributed by atoms with Crippen molar-refractivity contribution in [2.45, 2.75) is 26.7 Å². The summed E-state index contributed by atoms with van der Waals surface area (Å²) < 4.78 is 0. The maximum absolute atomic E-state index is 9.04. The van der Waals surface area contributed by atoms with E-state index in [-0.39, 0.29) is 6.61 Å². The molecule has 0 fully saturated rings. The van der Waals surface area contributed by atoms with Crippen LogP contribution in [0.3, 0.4) is 0 Å². The molecule has 24 heavy (non-hydrogen) atoms. The summed E-state index contributed by atoms with van der Waals surface area (Å²) in [5.74, 6) is 0. The van der Waals surface area contributed by atoms with Gasteiger partial charge in [0.1, 0.15) is 0 Å². The zero-order chi connectivity index (χ0) is 16.9. The number of rotatable bonds is 5. The quantitative estimate of drug-likeness (QED) is 0.666. The molecule has 3 rings (SSSR count). The average molecular weight is 316 g/mol. The summed E-state index contributed by atoms with van der Waals surface area (Å²) >= 11 is 0. The number of hydrogen-bond acceptors (Lipinski definition) is 1. The van der Waals surface area contributed by atoms with Crippen molar-refractivity contribution in [3.8, 4) is 22.3 Å². The molecule has 1 nitrogen and oxygen atoms in total. The summed E-state index contributed by atoms with van der Waals surface area (Å²) in [6.07, 6.45) is 1.72.